The highest BCUT2D eigenvalue weighted by Gasteiger charge is 2.21. The third-order valence-corrected chi connectivity index (χ3v) is 3.70. The van der Waals surface area contributed by atoms with Crippen LogP contribution in [0.5, 0.6) is 0 Å². The van der Waals surface area contributed by atoms with Gasteiger partial charge in [-0.2, -0.15) is 0 Å². The van der Waals surface area contributed by atoms with Gasteiger partial charge in [0.2, 0.25) is 0 Å². The van der Waals surface area contributed by atoms with Crippen LogP contribution in [0.25, 0.3) is 0 Å². The minimum absolute atomic E-state index is 0.872. The highest BCUT2D eigenvalue weighted by molar-refractivity contribution is 5.47. The monoisotopic (exact) mass is 247 g/mol. The number of nitrogens with one attached hydrogen (secondary N) is 1. The summed E-state index contributed by atoms with van der Waals surface area (Å²) in [6.45, 7) is 8.70. The molecule has 0 amide bonds. The van der Waals surface area contributed by atoms with Crippen molar-refractivity contribution < 1.29 is 0 Å². The number of rotatable bonds is 6. The van der Waals surface area contributed by atoms with E-state index in [0.717, 1.165) is 24.7 Å². The van der Waals surface area contributed by atoms with Gasteiger partial charge in [0.05, 0.1) is 5.69 Å². The Labute approximate surface area is 111 Å². The van der Waals surface area contributed by atoms with Crippen LogP contribution in [0.3, 0.4) is 0 Å². The van der Waals surface area contributed by atoms with E-state index >= 15 is 0 Å². The molecule has 1 aromatic heterocycles. The molecule has 0 aliphatic carbocycles. The number of anilines is 1. The van der Waals surface area contributed by atoms with Gasteiger partial charge in [-0.15, -0.1) is 0 Å². The average molecular weight is 247 g/mol. The molecule has 1 aliphatic heterocycles. The first-order chi connectivity index (χ1) is 8.83. The summed E-state index contributed by atoms with van der Waals surface area (Å²) >= 11 is 0. The molecule has 1 atom stereocenters. The summed E-state index contributed by atoms with van der Waals surface area (Å²) in [4.78, 5) is 6.93. The first-order valence-electron chi connectivity index (χ1n) is 7.24. The van der Waals surface area contributed by atoms with Gasteiger partial charge < -0.3 is 10.2 Å². The van der Waals surface area contributed by atoms with E-state index in [1.807, 2.05) is 6.20 Å². The van der Waals surface area contributed by atoms with Gasteiger partial charge in [0.15, 0.2) is 0 Å². The Morgan fingerprint density at radius 1 is 1.44 bits per heavy atom. The molecule has 0 aromatic carbocycles. The third kappa shape index (κ3) is 3.45. The second kappa shape index (κ2) is 6.74. The maximum atomic E-state index is 4.41. The van der Waals surface area contributed by atoms with E-state index in [1.54, 1.807) is 0 Å². The number of hydrogen-bond acceptors (Lipinski definition) is 3. The van der Waals surface area contributed by atoms with Crippen LogP contribution in [0.15, 0.2) is 18.3 Å². The number of pyridine rings is 1. The summed E-state index contributed by atoms with van der Waals surface area (Å²) < 4.78 is 0. The smallest absolute Gasteiger partial charge is 0.0562 e. The zero-order chi connectivity index (χ0) is 12.8. The number of aromatic nitrogens is 1. The molecule has 0 bridgehead atoms. The topological polar surface area (TPSA) is 28.2 Å². The van der Waals surface area contributed by atoms with E-state index in [9.17, 15) is 0 Å². The van der Waals surface area contributed by atoms with Gasteiger partial charge in [-0.25, -0.2) is 0 Å². The first kappa shape index (κ1) is 13.3. The van der Waals surface area contributed by atoms with E-state index in [2.05, 4.69) is 41.2 Å². The molecule has 0 spiro atoms. The summed E-state index contributed by atoms with van der Waals surface area (Å²) in [6.07, 6.45) is 5.96. The molecule has 1 N–H and O–H groups in total. The zero-order valence-corrected chi connectivity index (χ0v) is 11.7. The number of nitrogens with zero attached hydrogens (tertiary/aromatic N) is 2. The van der Waals surface area contributed by atoms with Gasteiger partial charge in [0, 0.05) is 31.5 Å². The number of hydrogen-bond donors (Lipinski definition) is 1. The summed E-state index contributed by atoms with van der Waals surface area (Å²) in [7, 11) is 0. The average Bonchev–Trinajstić information content (AvgIpc) is 2.86. The maximum Gasteiger partial charge on any atom is 0.0562 e. The lowest BCUT2D eigenvalue weighted by molar-refractivity contribution is 0.530. The summed E-state index contributed by atoms with van der Waals surface area (Å²) in [5.74, 6) is 0.889. The minimum atomic E-state index is 0.872. The zero-order valence-electron chi connectivity index (χ0n) is 11.7. The molecule has 2 rings (SSSR count). The molecule has 3 heteroatoms. The molecule has 1 fully saturated rings. The van der Waals surface area contributed by atoms with Gasteiger partial charge in [-0.3, -0.25) is 4.98 Å². The lowest BCUT2D eigenvalue weighted by atomic mass is 10.0. The second-order valence-electron chi connectivity index (χ2n) is 5.18. The standard InChI is InChI=1S/C15H25N3/c1-3-5-13-7-9-18(12-13)15-6-8-17-14(10-15)11-16-4-2/h6,8,10,13,16H,3-5,7,9,11-12H2,1-2H3. The van der Waals surface area contributed by atoms with Gasteiger partial charge in [0.1, 0.15) is 0 Å². The highest BCUT2D eigenvalue weighted by Crippen LogP contribution is 2.26. The predicted octanol–water partition coefficient (Wildman–Crippen LogP) is 2.82. The largest absolute Gasteiger partial charge is 0.371 e. The Morgan fingerprint density at radius 3 is 3.11 bits per heavy atom. The van der Waals surface area contributed by atoms with Crippen LogP contribution in [0, 0.1) is 5.92 Å². The molecule has 0 saturated carbocycles. The Bertz CT molecular complexity index is 365. The van der Waals surface area contributed by atoms with E-state index in [4.69, 9.17) is 0 Å². The van der Waals surface area contributed by atoms with Crippen LogP contribution in [0.4, 0.5) is 5.69 Å². The summed E-state index contributed by atoms with van der Waals surface area (Å²) in [5, 5.41) is 3.33. The van der Waals surface area contributed by atoms with Gasteiger partial charge >= 0.3 is 0 Å². The molecule has 1 saturated heterocycles. The van der Waals surface area contributed by atoms with Gasteiger partial charge in [0.25, 0.3) is 0 Å². The summed E-state index contributed by atoms with van der Waals surface area (Å²) in [5.41, 5.74) is 2.49. The van der Waals surface area contributed by atoms with Crippen LogP contribution >= 0.6 is 0 Å². The normalized spacial score (nSPS) is 19.4. The summed E-state index contributed by atoms with van der Waals surface area (Å²) in [6, 6.07) is 4.38. The maximum absolute atomic E-state index is 4.41. The lowest BCUT2D eigenvalue weighted by Crippen LogP contribution is -2.20. The van der Waals surface area contributed by atoms with Crippen molar-refractivity contribution in [2.75, 3.05) is 24.5 Å². The molecule has 0 radical (unpaired) electrons. The van der Waals surface area contributed by atoms with E-state index in [0.29, 0.717) is 0 Å². The molecule has 1 aromatic rings. The SMILES string of the molecule is CCCC1CCN(c2ccnc(CNCC)c2)C1. The van der Waals surface area contributed by atoms with E-state index in [-0.39, 0.29) is 0 Å². The fourth-order valence-corrected chi connectivity index (χ4v) is 2.72. The van der Waals surface area contributed by atoms with E-state index in [1.165, 1.54) is 38.0 Å². The fraction of sp³-hybridized carbons (Fsp3) is 0.667. The highest BCUT2D eigenvalue weighted by atomic mass is 15.2. The van der Waals surface area contributed by atoms with Crippen LogP contribution in [0.1, 0.15) is 38.8 Å². The van der Waals surface area contributed by atoms with Crippen molar-refractivity contribution >= 4 is 5.69 Å². The predicted molar refractivity (Wildman–Crippen MR) is 76.8 cm³/mol. The van der Waals surface area contributed by atoms with Crippen LogP contribution in [-0.4, -0.2) is 24.6 Å². The molecule has 1 unspecified atom stereocenters. The van der Waals surface area contributed by atoms with Crippen molar-refractivity contribution in [1.82, 2.24) is 10.3 Å². The lowest BCUT2D eigenvalue weighted by Gasteiger charge is -2.19. The second-order valence-corrected chi connectivity index (χ2v) is 5.18. The van der Waals surface area contributed by atoms with Crippen LogP contribution < -0.4 is 10.2 Å². The Morgan fingerprint density at radius 2 is 2.33 bits per heavy atom. The minimum Gasteiger partial charge on any atom is -0.371 e. The fourth-order valence-electron chi connectivity index (χ4n) is 2.72. The van der Waals surface area contributed by atoms with Crippen molar-refractivity contribution in [3.05, 3.63) is 24.0 Å². The quantitative estimate of drug-likeness (QED) is 0.838. The molecular weight excluding hydrogens is 222 g/mol. The molecule has 18 heavy (non-hydrogen) atoms. The molecule has 100 valence electrons. The Balaban J connectivity index is 1.96. The third-order valence-electron chi connectivity index (χ3n) is 3.70. The molecule has 1 aliphatic rings. The van der Waals surface area contributed by atoms with Crippen molar-refractivity contribution in [2.24, 2.45) is 5.92 Å². The van der Waals surface area contributed by atoms with Crippen molar-refractivity contribution in [1.29, 1.82) is 0 Å². The van der Waals surface area contributed by atoms with Crippen LogP contribution in [0.2, 0.25) is 0 Å². The molecular formula is C15H25N3. The van der Waals surface area contributed by atoms with E-state index < -0.39 is 0 Å². The Hall–Kier alpha value is -1.09. The van der Waals surface area contributed by atoms with Crippen molar-refractivity contribution in [3.63, 3.8) is 0 Å². The molecule has 3 nitrogen and oxygen atoms in total. The molecule has 2 heterocycles. The first-order valence-corrected chi connectivity index (χ1v) is 7.24. The van der Waals surface area contributed by atoms with Crippen molar-refractivity contribution in [2.45, 2.75) is 39.7 Å². The van der Waals surface area contributed by atoms with Crippen LogP contribution in [-0.2, 0) is 6.54 Å². The van der Waals surface area contributed by atoms with Gasteiger partial charge in [-0.05, 0) is 37.4 Å². The Kier molecular flexibility index (Phi) is 5.00. The van der Waals surface area contributed by atoms with Gasteiger partial charge in [-0.1, -0.05) is 20.3 Å². The van der Waals surface area contributed by atoms with Crippen molar-refractivity contribution in [3.8, 4) is 0 Å².